The number of piperidine rings is 1. The van der Waals surface area contributed by atoms with E-state index < -0.39 is 0 Å². The van der Waals surface area contributed by atoms with E-state index in [9.17, 15) is 4.39 Å². The molecule has 1 aromatic heterocycles. The number of hydrogen-bond donors (Lipinski definition) is 0. The van der Waals surface area contributed by atoms with Crippen molar-refractivity contribution in [3.8, 4) is 0 Å². The fourth-order valence-corrected chi connectivity index (χ4v) is 2.89. The van der Waals surface area contributed by atoms with E-state index in [4.69, 9.17) is 0 Å². The molecule has 22 heavy (non-hydrogen) atoms. The number of nitrogens with zero attached hydrogens (tertiary/aromatic N) is 4. The van der Waals surface area contributed by atoms with Crippen molar-refractivity contribution in [2.24, 2.45) is 0 Å². The predicted octanol–water partition coefficient (Wildman–Crippen LogP) is 3.44. The molecule has 0 aliphatic carbocycles. The van der Waals surface area contributed by atoms with Crippen molar-refractivity contribution in [1.82, 2.24) is 14.8 Å². The second kappa shape index (κ2) is 7.58. The van der Waals surface area contributed by atoms with Gasteiger partial charge in [0.15, 0.2) is 0 Å². The molecule has 0 amide bonds. The number of aromatic nitrogens is 3. The summed E-state index contributed by atoms with van der Waals surface area (Å²) in [6.07, 6.45) is 4.45. The van der Waals surface area contributed by atoms with Gasteiger partial charge < -0.3 is 4.90 Å². The Morgan fingerprint density at radius 3 is 2.36 bits per heavy atom. The van der Waals surface area contributed by atoms with Gasteiger partial charge in [-0.1, -0.05) is 12.1 Å². The molecule has 0 spiro atoms. The maximum absolute atomic E-state index is 13.0. The second-order valence-corrected chi connectivity index (χ2v) is 5.51. The molecule has 0 N–H and O–H groups in total. The van der Waals surface area contributed by atoms with Crippen LogP contribution in [0.25, 0.3) is 0 Å². The zero-order valence-corrected chi connectivity index (χ0v) is 13.7. The molecule has 6 heteroatoms. The van der Waals surface area contributed by atoms with Gasteiger partial charge >= 0.3 is 0 Å². The van der Waals surface area contributed by atoms with Crippen LogP contribution in [0.3, 0.4) is 0 Å². The maximum Gasteiger partial charge on any atom is 0.227 e. The van der Waals surface area contributed by atoms with Gasteiger partial charge in [0.1, 0.15) is 11.6 Å². The van der Waals surface area contributed by atoms with Gasteiger partial charge in [0, 0.05) is 26.1 Å². The highest BCUT2D eigenvalue weighted by Gasteiger charge is 2.19. The third-order valence-corrected chi connectivity index (χ3v) is 4.04. The highest BCUT2D eigenvalue weighted by molar-refractivity contribution is 5.85. The molecule has 1 aliphatic heterocycles. The Morgan fingerprint density at radius 2 is 1.73 bits per heavy atom. The summed E-state index contributed by atoms with van der Waals surface area (Å²) in [5.41, 5.74) is 1.06. The molecular formula is C16H22ClFN4. The van der Waals surface area contributed by atoms with E-state index in [2.05, 4.69) is 26.6 Å². The monoisotopic (exact) mass is 324 g/mol. The first-order valence-corrected chi connectivity index (χ1v) is 7.69. The van der Waals surface area contributed by atoms with Crippen molar-refractivity contribution in [2.75, 3.05) is 18.0 Å². The molecule has 0 bridgehead atoms. The first-order chi connectivity index (χ1) is 10.3. The summed E-state index contributed by atoms with van der Waals surface area (Å²) >= 11 is 0. The lowest BCUT2D eigenvalue weighted by molar-refractivity contribution is 0.554. The highest BCUT2D eigenvalue weighted by atomic mass is 35.5. The minimum Gasteiger partial charge on any atom is -0.341 e. The average Bonchev–Trinajstić information content (AvgIpc) is 2.93. The lowest BCUT2D eigenvalue weighted by atomic mass is 10.1. The third-order valence-electron chi connectivity index (χ3n) is 4.04. The van der Waals surface area contributed by atoms with Crippen molar-refractivity contribution in [3.63, 3.8) is 0 Å². The fourth-order valence-electron chi connectivity index (χ4n) is 2.89. The molecule has 4 nitrogen and oxygen atoms in total. The van der Waals surface area contributed by atoms with Crippen LogP contribution >= 0.6 is 12.4 Å². The van der Waals surface area contributed by atoms with Crippen LogP contribution < -0.4 is 4.90 Å². The Bertz CT molecular complexity index is 591. The molecule has 1 fully saturated rings. The Morgan fingerprint density at radius 1 is 1.05 bits per heavy atom. The van der Waals surface area contributed by atoms with Crippen molar-refractivity contribution < 1.29 is 4.39 Å². The summed E-state index contributed by atoms with van der Waals surface area (Å²) < 4.78 is 15.2. The number of benzene rings is 1. The van der Waals surface area contributed by atoms with E-state index in [1.165, 1.54) is 31.4 Å². The summed E-state index contributed by atoms with van der Waals surface area (Å²) in [6, 6.07) is 6.61. The SMILES string of the molecule is CCn1c(Cc2ccc(F)cc2)nnc1N1CCCCC1.Cl. The standard InChI is InChI=1S/C16H21FN4.ClH/c1-2-21-15(12-13-6-8-14(17)9-7-13)18-19-16(21)20-10-4-3-5-11-20;/h6-9H,2-5,10-12H2,1H3;1H. The molecule has 0 saturated carbocycles. The number of hydrogen-bond acceptors (Lipinski definition) is 3. The van der Waals surface area contributed by atoms with Crippen LogP contribution in [0.5, 0.6) is 0 Å². The van der Waals surface area contributed by atoms with E-state index in [1.807, 2.05) is 12.1 Å². The molecule has 2 heterocycles. The summed E-state index contributed by atoms with van der Waals surface area (Å²) in [5.74, 6) is 1.73. The predicted molar refractivity (Wildman–Crippen MR) is 88.2 cm³/mol. The van der Waals surface area contributed by atoms with Gasteiger partial charge in [0.05, 0.1) is 0 Å². The molecule has 1 aromatic carbocycles. The largest absolute Gasteiger partial charge is 0.341 e. The first-order valence-electron chi connectivity index (χ1n) is 7.69. The molecule has 1 saturated heterocycles. The van der Waals surface area contributed by atoms with E-state index in [1.54, 1.807) is 0 Å². The summed E-state index contributed by atoms with van der Waals surface area (Å²) in [7, 11) is 0. The van der Waals surface area contributed by atoms with Gasteiger partial charge in [-0.3, -0.25) is 4.57 Å². The summed E-state index contributed by atoms with van der Waals surface area (Å²) in [4.78, 5) is 2.33. The van der Waals surface area contributed by atoms with Gasteiger partial charge in [-0.15, -0.1) is 22.6 Å². The number of anilines is 1. The van der Waals surface area contributed by atoms with Crippen LogP contribution in [0.4, 0.5) is 10.3 Å². The Hall–Kier alpha value is -1.62. The molecule has 0 unspecified atom stereocenters. The van der Waals surface area contributed by atoms with E-state index in [0.29, 0.717) is 6.42 Å². The summed E-state index contributed by atoms with van der Waals surface area (Å²) in [6.45, 7) is 5.10. The highest BCUT2D eigenvalue weighted by Crippen LogP contribution is 2.20. The van der Waals surface area contributed by atoms with E-state index in [-0.39, 0.29) is 18.2 Å². The number of halogens is 2. The summed E-state index contributed by atoms with van der Waals surface area (Å²) in [5, 5.41) is 8.75. The van der Waals surface area contributed by atoms with Crippen molar-refractivity contribution >= 4 is 18.4 Å². The molecule has 0 atom stereocenters. The Balaban J connectivity index is 0.00000176. The quantitative estimate of drug-likeness (QED) is 0.864. The number of rotatable bonds is 4. The normalized spacial score (nSPS) is 14.7. The smallest absolute Gasteiger partial charge is 0.227 e. The molecule has 2 aromatic rings. The first kappa shape index (κ1) is 16.7. The van der Waals surface area contributed by atoms with Crippen LogP contribution in [0.1, 0.15) is 37.6 Å². The van der Waals surface area contributed by atoms with Crippen molar-refractivity contribution in [2.45, 2.75) is 39.2 Å². The fraction of sp³-hybridized carbons (Fsp3) is 0.500. The maximum atomic E-state index is 13.0. The average molecular weight is 325 g/mol. The lowest BCUT2D eigenvalue weighted by Gasteiger charge is -2.27. The lowest BCUT2D eigenvalue weighted by Crippen LogP contribution is -2.32. The van der Waals surface area contributed by atoms with Crippen LogP contribution in [0.2, 0.25) is 0 Å². The molecule has 1 aliphatic rings. The molecule has 3 rings (SSSR count). The Kier molecular flexibility index (Phi) is 5.77. The van der Waals surface area contributed by atoms with Gasteiger partial charge in [-0.2, -0.15) is 0 Å². The van der Waals surface area contributed by atoms with Crippen LogP contribution in [0, 0.1) is 5.82 Å². The van der Waals surface area contributed by atoms with Gasteiger partial charge in [0.2, 0.25) is 5.95 Å². The minimum atomic E-state index is -0.204. The second-order valence-electron chi connectivity index (χ2n) is 5.51. The van der Waals surface area contributed by atoms with Crippen LogP contribution in [-0.4, -0.2) is 27.9 Å². The Labute approximate surface area is 136 Å². The zero-order valence-electron chi connectivity index (χ0n) is 12.8. The van der Waals surface area contributed by atoms with Gasteiger partial charge in [-0.25, -0.2) is 4.39 Å². The minimum absolute atomic E-state index is 0. The van der Waals surface area contributed by atoms with Crippen molar-refractivity contribution in [3.05, 3.63) is 41.5 Å². The van der Waals surface area contributed by atoms with Crippen LogP contribution in [0.15, 0.2) is 24.3 Å². The zero-order chi connectivity index (χ0) is 14.7. The molecule has 120 valence electrons. The topological polar surface area (TPSA) is 34.0 Å². The molecular weight excluding hydrogens is 303 g/mol. The van der Waals surface area contributed by atoms with Crippen LogP contribution in [-0.2, 0) is 13.0 Å². The van der Waals surface area contributed by atoms with Gasteiger partial charge in [-0.05, 0) is 43.9 Å². The third kappa shape index (κ3) is 3.58. The van der Waals surface area contributed by atoms with Gasteiger partial charge in [0.25, 0.3) is 0 Å². The molecule has 0 radical (unpaired) electrons. The van der Waals surface area contributed by atoms with E-state index >= 15 is 0 Å². The van der Waals surface area contributed by atoms with Crippen molar-refractivity contribution in [1.29, 1.82) is 0 Å². The van der Waals surface area contributed by atoms with E-state index in [0.717, 1.165) is 37.0 Å².